The smallest absolute Gasteiger partial charge is 0.202 e. The predicted octanol–water partition coefficient (Wildman–Crippen LogP) is 4.30. The molecule has 2 aromatic heterocycles. The summed E-state index contributed by atoms with van der Waals surface area (Å²) in [6.07, 6.45) is 7.13. The van der Waals surface area contributed by atoms with Crippen molar-refractivity contribution in [3.63, 3.8) is 0 Å². The summed E-state index contributed by atoms with van der Waals surface area (Å²) >= 11 is 1.50. The van der Waals surface area contributed by atoms with Crippen LogP contribution in [-0.4, -0.2) is 23.2 Å². The van der Waals surface area contributed by atoms with Gasteiger partial charge in [0.15, 0.2) is 0 Å². The van der Waals surface area contributed by atoms with E-state index >= 15 is 0 Å². The Morgan fingerprint density at radius 3 is 2.68 bits per heavy atom. The van der Waals surface area contributed by atoms with Crippen LogP contribution < -0.4 is 10.3 Å². The second-order valence-corrected chi connectivity index (χ2v) is 9.43. The first-order valence-electron chi connectivity index (χ1n) is 11.1. The molecule has 0 radical (unpaired) electrons. The van der Waals surface area contributed by atoms with E-state index < -0.39 is 0 Å². The van der Waals surface area contributed by atoms with E-state index in [2.05, 4.69) is 4.98 Å². The van der Waals surface area contributed by atoms with E-state index in [0.717, 1.165) is 34.4 Å². The fourth-order valence-corrected chi connectivity index (χ4v) is 5.58. The van der Waals surface area contributed by atoms with Crippen LogP contribution in [0.4, 0.5) is 0 Å². The number of rotatable bonds is 4. The largest absolute Gasteiger partial charge is 0.507 e. The fourth-order valence-electron chi connectivity index (χ4n) is 4.62. The number of para-hydroxylation sites is 1. The van der Waals surface area contributed by atoms with Crippen LogP contribution in [0, 0.1) is 0 Å². The highest BCUT2D eigenvalue weighted by Crippen LogP contribution is 2.33. The zero-order valence-electron chi connectivity index (χ0n) is 17.7. The molecular formula is C25H27N2O3S+. The lowest BCUT2D eigenvalue weighted by atomic mass is 10.0. The van der Waals surface area contributed by atoms with Crippen molar-refractivity contribution in [1.82, 2.24) is 4.98 Å². The van der Waals surface area contributed by atoms with Gasteiger partial charge in [0.1, 0.15) is 29.1 Å². The third-order valence-electron chi connectivity index (χ3n) is 6.35. The second-order valence-electron chi connectivity index (χ2n) is 8.40. The zero-order chi connectivity index (χ0) is 21.4. The van der Waals surface area contributed by atoms with Gasteiger partial charge in [-0.1, -0.05) is 19.1 Å². The number of thiazole rings is 1. The standard InChI is InChI=1S/C25H26N2O3S/c1-2-16-13-17-23(29)19(25-26-20-9-5-6-10-21(20)31-25)15-30-24(17)18(22(16)28)14-27-11-7-3-4-8-12-27/h5-6,9-10,13,15,28H,2-4,7-8,11-12,14H2,1H3/p+1. The zero-order valence-corrected chi connectivity index (χ0v) is 18.6. The van der Waals surface area contributed by atoms with Crippen LogP contribution in [0.25, 0.3) is 31.8 Å². The summed E-state index contributed by atoms with van der Waals surface area (Å²) in [4.78, 5) is 19.6. The number of benzene rings is 2. The third-order valence-corrected chi connectivity index (χ3v) is 7.42. The summed E-state index contributed by atoms with van der Waals surface area (Å²) in [7, 11) is 0. The van der Waals surface area contributed by atoms with E-state index in [9.17, 15) is 9.90 Å². The van der Waals surface area contributed by atoms with Crippen molar-refractivity contribution in [2.75, 3.05) is 13.1 Å². The van der Waals surface area contributed by atoms with Crippen LogP contribution in [0.15, 0.2) is 45.8 Å². The Morgan fingerprint density at radius 2 is 1.94 bits per heavy atom. The first-order valence-corrected chi connectivity index (χ1v) is 12.0. The summed E-state index contributed by atoms with van der Waals surface area (Å²) in [6.45, 7) is 4.86. The van der Waals surface area contributed by atoms with Crippen LogP contribution in [0.3, 0.4) is 0 Å². The lowest BCUT2D eigenvalue weighted by Gasteiger charge is -2.19. The van der Waals surface area contributed by atoms with Gasteiger partial charge in [-0.05, 0) is 55.9 Å². The van der Waals surface area contributed by atoms with Gasteiger partial charge in [0.05, 0.1) is 39.8 Å². The molecule has 160 valence electrons. The Hall–Kier alpha value is -2.70. The first kappa shape index (κ1) is 20.2. The van der Waals surface area contributed by atoms with E-state index in [4.69, 9.17) is 4.42 Å². The molecule has 0 unspecified atom stereocenters. The summed E-state index contributed by atoms with van der Waals surface area (Å²) in [5, 5.41) is 12.2. The molecule has 5 rings (SSSR count). The third kappa shape index (κ3) is 3.75. The molecule has 6 heteroatoms. The summed E-state index contributed by atoms with van der Waals surface area (Å²) in [6, 6.07) is 9.68. The molecule has 4 aromatic rings. The quantitative estimate of drug-likeness (QED) is 0.502. The van der Waals surface area contributed by atoms with E-state index in [1.54, 1.807) is 6.07 Å². The highest BCUT2D eigenvalue weighted by Gasteiger charge is 2.23. The maximum absolute atomic E-state index is 13.5. The number of nitrogens with one attached hydrogen (secondary N) is 1. The number of nitrogens with zero attached hydrogens (tertiary/aromatic N) is 1. The van der Waals surface area contributed by atoms with Crippen LogP contribution in [-0.2, 0) is 13.0 Å². The molecule has 1 aliphatic heterocycles. The fraction of sp³-hybridized carbons (Fsp3) is 0.360. The number of likely N-dealkylation sites (tertiary alicyclic amines) is 1. The van der Waals surface area contributed by atoms with E-state index in [-0.39, 0.29) is 11.2 Å². The summed E-state index contributed by atoms with van der Waals surface area (Å²) in [5.74, 6) is 0.280. The SMILES string of the molecule is CCc1cc2c(=O)c(-c3nc4ccccc4s3)coc2c(C[NH+]2CCCCCC2)c1O. The van der Waals surface area contributed by atoms with Crippen molar-refractivity contribution in [1.29, 1.82) is 0 Å². The first-order chi connectivity index (χ1) is 15.2. The molecule has 0 bridgehead atoms. The van der Waals surface area contributed by atoms with Gasteiger partial charge in [-0.2, -0.15) is 0 Å². The molecule has 1 aliphatic rings. The number of hydrogen-bond donors (Lipinski definition) is 2. The monoisotopic (exact) mass is 435 g/mol. The highest BCUT2D eigenvalue weighted by atomic mass is 32.1. The van der Waals surface area contributed by atoms with Gasteiger partial charge < -0.3 is 14.4 Å². The van der Waals surface area contributed by atoms with Crippen LogP contribution in [0.1, 0.15) is 43.7 Å². The minimum Gasteiger partial charge on any atom is -0.507 e. The molecule has 0 spiro atoms. The molecule has 31 heavy (non-hydrogen) atoms. The number of aromatic nitrogens is 1. The molecular weight excluding hydrogens is 408 g/mol. The number of phenolic OH excluding ortho intramolecular Hbond substituents is 1. The van der Waals surface area contributed by atoms with Gasteiger partial charge in [-0.15, -0.1) is 11.3 Å². The molecule has 1 fully saturated rings. The Balaban J connectivity index is 1.65. The Bertz CT molecular complexity index is 1270. The maximum Gasteiger partial charge on any atom is 0.202 e. The van der Waals surface area contributed by atoms with Gasteiger partial charge in [-0.25, -0.2) is 4.98 Å². The lowest BCUT2D eigenvalue weighted by molar-refractivity contribution is -0.913. The van der Waals surface area contributed by atoms with Crippen molar-refractivity contribution in [2.24, 2.45) is 0 Å². The minimum atomic E-state index is -0.0814. The molecule has 0 atom stereocenters. The molecule has 0 aliphatic carbocycles. The maximum atomic E-state index is 13.5. The molecule has 0 amide bonds. The Labute approximate surface area is 185 Å². The van der Waals surface area contributed by atoms with Crippen molar-refractivity contribution >= 4 is 32.5 Å². The Kier molecular flexibility index (Phi) is 5.50. The van der Waals surface area contributed by atoms with Crippen molar-refractivity contribution in [3.8, 4) is 16.3 Å². The lowest BCUT2D eigenvalue weighted by Crippen LogP contribution is -3.10. The van der Waals surface area contributed by atoms with E-state index in [1.165, 1.54) is 48.2 Å². The second kappa shape index (κ2) is 8.44. The number of fused-ring (bicyclic) bond motifs is 2. The highest BCUT2D eigenvalue weighted by molar-refractivity contribution is 7.21. The van der Waals surface area contributed by atoms with Gasteiger partial charge >= 0.3 is 0 Å². The summed E-state index contributed by atoms with van der Waals surface area (Å²) < 4.78 is 7.10. The number of aryl methyl sites for hydroxylation is 1. The number of hydrogen-bond acceptors (Lipinski definition) is 5. The normalized spacial score (nSPS) is 15.5. The van der Waals surface area contributed by atoms with Gasteiger partial charge in [0.25, 0.3) is 0 Å². The molecule has 5 nitrogen and oxygen atoms in total. The molecule has 2 aromatic carbocycles. The topological polar surface area (TPSA) is 67.8 Å². The number of quaternary nitrogens is 1. The van der Waals surface area contributed by atoms with Gasteiger partial charge in [0.2, 0.25) is 5.43 Å². The van der Waals surface area contributed by atoms with Crippen LogP contribution >= 0.6 is 11.3 Å². The van der Waals surface area contributed by atoms with E-state index in [1.807, 2.05) is 31.2 Å². The predicted molar refractivity (Wildman–Crippen MR) is 125 cm³/mol. The van der Waals surface area contributed by atoms with Crippen LogP contribution in [0.2, 0.25) is 0 Å². The number of phenols is 1. The number of aromatic hydroxyl groups is 1. The van der Waals surface area contributed by atoms with Gasteiger partial charge in [0, 0.05) is 0 Å². The van der Waals surface area contributed by atoms with E-state index in [0.29, 0.717) is 34.5 Å². The molecule has 1 saturated heterocycles. The summed E-state index contributed by atoms with van der Waals surface area (Å²) in [5.41, 5.74) is 3.36. The molecule has 0 saturated carbocycles. The van der Waals surface area contributed by atoms with Crippen molar-refractivity contribution in [2.45, 2.75) is 45.6 Å². The average molecular weight is 436 g/mol. The van der Waals surface area contributed by atoms with Crippen LogP contribution in [0.5, 0.6) is 5.75 Å². The van der Waals surface area contributed by atoms with Crippen molar-refractivity contribution in [3.05, 3.63) is 57.9 Å². The minimum absolute atomic E-state index is 0.0814. The average Bonchev–Trinajstić information content (AvgIpc) is 3.04. The van der Waals surface area contributed by atoms with Gasteiger partial charge in [-0.3, -0.25) is 4.79 Å². The Morgan fingerprint density at radius 1 is 1.16 bits per heavy atom. The molecule has 2 N–H and O–H groups in total. The van der Waals surface area contributed by atoms with Crippen molar-refractivity contribution < 1.29 is 14.4 Å². The molecule has 3 heterocycles.